The molecular weight excluding hydrogens is 442 g/mol. The summed E-state index contributed by atoms with van der Waals surface area (Å²) < 4.78 is 4.66. The van der Waals surface area contributed by atoms with E-state index in [4.69, 9.17) is 6.57 Å². The van der Waals surface area contributed by atoms with Gasteiger partial charge in [0.2, 0.25) is 0 Å². The maximum Gasteiger partial charge on any atom is 0.188 e. The van der Waals surface area contributed by atoms with Gasteiger partial charge in [-0.05, 0) is 49.4 Å². The molecule has 0 unspecified atom stereocenters. The fourth-order valence-corrected chi connectivity index (χ4v) is 6.38. The summed E-state index contributed by atoms with van der Waals surface area (Å²) in [6.45, 7) is 7.17. The van der Waals surface area contributed by atoms with E-state index in [2.05, 4.69) is 67.0 Å². The molecule has 0 N–H and O–H groups in total. The van der Waals surface area contributed by atoms with Crippen LogP contribution in [0, 0.1) is 6.57 Å². The van der Waals surface area contributed by atoms with Crippen LogP contribution in [0.15, 0.2) is 50.0 Å². The van der Waals surface area contributed by atoms with Crippen molar-refractivity contribution in [3.05, 3.63) is 61.5 Å². The molecule has 0 fully saturated rings. The van der Waals surface area contributed by atoms with Crippen LogP contribution in [0.4, 0.5) is 5.69 Å². The summed E-state index contributed by atoms with van der Waals surface area (Å²) >= 11 is 10.9. The minimum absolute atomic E-state index is 0.682. The predicted octanol–water partition coefficient (Wildman–Crippen LogP) is 7.86. The van der Waals surface area contributed by atoms with Crippen molar-refractivity contribution in [2.24, 2.45) is 0 Å². The van der Waals surface area contributed by atoms with Crippen LogP contribution >= 0.6 is 54.5 Å². The zero-order chi connectivity index (χ0) is 15.3. The fourth-order valence-electron chi connectivity index (χ4n) is 2.61. The molecule has 0 bridgehead atoms. The highest BCUT2D eigenvalue weighted by atomic mass is 79.9. The highest BCUT2D eigenvalue weighted by Crippen LogP contribution is 2.50. The number of nitrogens with zero attached hydrogens (tertiary/aromatic N) is 1. The molecule has 0 radical (unpaired) electrons. The Balaban J connectivity index is 2.11. The molecule has 0 spiro atoms. The Bertz CT molecular complexity index is 1070. The summed E-state index contributed by atoms with van der Waals surface area (Å²) in [4.78, 5) is 3.52. The topological polar surface area (TPSA) is 4.36 Å². The van der Waals surface area contributed by atoms with Gasteiger partial charge in [-0.1, -0.05) is 30.3 Å². The van der Waals surface area contributed by atoms with Crippen LogP contribution in [0.1, 0.15) is 0 Å². The summed E-state index contributed by atoms with van der Waals surface area (Å²) in [5.74, 6) is 0. The summed E-state index contributed by atoms with van der Waals surface area (Å²) in [5.41, 5.74) is 3.12. The summed E-state index contributed by atoms with van der Waals surface area (Å²) in [7, 11) is 0. The monoisotopic (exact) mass is 447 g/mol. The first-order valence-corrected chi connectivity index (χ1v) is 9.68. The second kappa shape index (κ2) is 5.47. The van der Waals surface area contributed by atoms with Crippen LogP contribution in [0.5, 0.6) is 0 Å². The zero-order valence-corrected chi connectivity index (χ0v) is 15.9. The Morgan fingerprint density at radius 1 is 0.818 bits per heavy atom. The SMILES string of the molecule is [C-]#[N+]c1ccc2c(-c3c(Br)sc4ccccc34)c(Br)sc2c1. The Labute approximate surface area is 152 Å². The number of thiophene rings is 2. The van der Waals surface area contributed by atoms with Crippen LogP contribution in [0.2, 0.25) is 0 Å². The lowest BCUT2D eigenvalue weighted by molar-refractivity contribution is 1.79. The third kappa shape index (κ3) is 2.14. The van der Waals surface area contributed by atoms with Crippen molar-refractivity contribution < 1.29 is 0 Å². The lowest BCUT2D eigenvalue weighted by Gasteiger charge is -2.02. The first-order valence-electron chi connectivity index (χ1n) is 6.46. The largest absolute Gasteiger partial charge is 0.238 e. The van der Waals surface area contributed by atoms with E-state index in [1.807, 2.05) is 12.1 Å². The van der Waals surface area contributed by atoms with Crippen molar-refractivity contribution >= 4 is 80.4 Å². The van der Waals surface area contributed by atoms with Gasteiger partial charge in [0.25, 0.3) is 0 Å². The molecule has 2 heterocycles. The molecule has 4 aromatic rings. The van der Waals surface area contributed by atoms with Crippen molar-refractivity contribution in [2.45, 2.75) is 0 Å². The molecule has 2 aromatic heterocycles. The van der Waals surface area contributed by atoms with Crippen molar-refractivity contribution in [3.63, 3.8) is 0 Å². The molecule has 5 heteroatoms. The minimum atomic E-state index is 0.682. The molecule has 0 saturated heterocycles. The molecule has 0 aliphatic heterocycles. The normalized spacial score (nSPS) is 11.1. The average molecular weight is 449 g/mol. The minimum Gasteiger partial charge on any atom is -0.238 e. The van der Waals surface area contributed by atoms with Crippen molar-refractivity contribution in [2.75, 3.05) is 0 Å². The molecule has 0 aliphatic rings. The molecule has 1 nitrogen and oxygen atoms in total. The lowest BCUT2D eigenvalue weighted by Crippen LogP contribution is -1.76. The number of hydrogen-bond acceptors (Lipinski definition) is 2. The van der Waals surface area contributed by atoms with Gasteiger partial charge >= 0.3 is 0 Å². The van der Waals surface area contributed by atoms with Crippen LogP contribution in [-0.4, -0.2) is 0 Å². The Morgan fingerprint density at radius 3 is 2.18 bits per heavy atom. The zero-order valence-electron chi connectivity index (χ0n) is 11.1. The fraction of sp³-hybridized carbons (Fsp3) is 0. The van der Waals surface area contributed by atoms with E-state index in [1.165, 1.54) is 26.6 Å². The van der Waals surface area contributed by atoms with E-state index in [9.17, 15) is 0 Å². The van der Waals surface area contributed by atoms with Crippen LogP contribution < -0.4 is 0 Å². The molecule has 0 saturated carbocycles. The number of halogens is 2. The Kier molecular flexibility index (Phi) is 3.58. The molecule has 0 atom stereocenters. The van der Waals surface area contributed by atoms with E-state index in [-0.39, 0.29) is 0 Å². The van der Waals surface area contributed by atoms with Gasteiger partial charge in [-0.3, -0.25) is 0 Å². The number of hydrogen-bond donors (Lipinski definition) is 0. The maximum absolute atomic E-state index is 7.17. The summed E-state index contributed by atoms with van der Waals surface area (Å²) in [6.07, 6.45) is 0. The third-order valence-corrected chi connectivity index (χ3v) is 7.23. The van der Waals surface area contributed by atoms with Crippen molar-refractivity contribution in [3.8, 4) is 11.1 Å². The first-order chi connectivity index (χ1) is 10.7. The Hall–Kier alpha value is -1.19. The van der Waals surface area contributed by atoms with Gasteiger partial charge in [0, 0.05) is 25.9 Å². The molecule has 22 heavy (non-hydrogen) atoms. The number of rotatable bonds is 1. The van der Waals surface area contributed by atoms with Gasteiger partial charge in [-0.2, -0.15) is 0 Å². The highest BCUT2D eigenvalue weighted by molar-refractivity contribution is 9.11. The summed E-state index contributed by atoms with van der Waals surface area (Å²) in [5, 5.41) is 2.45. The predicted molar refractivity (Wildman–Crippen MR) is 104 cm³/mol. The van der Waals surface area contributed by atoms with Crippen LogP contribution in [0.25, 0.3) is 36.1 Å². The van der Waals surface area contributed by atoms with Gasteiger partial charge in [0.05, 0.1) is 14.1 Å². The van der Waals surface area contributed by atoms with E-state index in [0.717, 1.165) is 12.3 Å². The quantitative estimate of drug-likeness (QED) is 0.261. The lowest BCUT2D eigenvalue weighted by atomic mass is 10.0. The van der Waals surface area contributed by atoms with E-state index in [1.54, 1.807) is 22.7 Å². The van der Waals surface area contributed by atoms with Gasteiger partial charge in [-0.15, -0.1) is 22.7 Å². The first kappa shape index (κ1) is 14.4. The molecule has 4 rings (SSSR count). The van der Waals surface area contributed by atoms with E-state index >= 15 is 0 Å². The second-order valence-electron chi connectivity index (χ2n) is 4.79. The number of fused-ring (bicyclic) bond motifs is 2. The number of benzene rings is 2. The van der Waals surface area contributed by atoms with Crippen molar-refractivity contribution in [1.82, 2.24) is 0 Å². The highest BCUT2D eigenvalue weighted by Gasteiger charge is 2.19. The molecule has 0 amide bonds. The average Bonchev–Trinajstić information content (AvgIpc) is 3.01. The smallest absolute Gasteiger partial charge is 0.188 e. The summed E-state index contributed by atoms with van der Waals surface area (Å²) in [6, 6.07) is 14.4. The Morgan fingerprint density at radius 2 is 1.45 bits per heavy atom. The second-order valence-corrected chi connectivity index (χ2v) is 9.53. The molecular formula is C17H7Br2NS2. The van der Waals surface area contributed by atoms with E-state index in [0.29, 0.717) is 5.69 Å². The molecule has 106 valence electrons. The third-order valence-electron chi connectivity index (χ3n) is 3.56. The van der Waals surface area contributed by atoms with Gasteiger partial charge in [0.15, 0.2) is 5.69 Å². The maximum atomic E-state index is 7.17. The molecule has 0 aliphatic carbocycles. The molecule has 2 aromatic carbocycles. The van der Waals surface area contributed by atoms with E-state index < -0.39 is 0 Å². The van der Waals surface area contributed by atoms with Gasteiger partial charge in [0.1, 0.15) is 0 Å². The van der Waals surface area contributed by atoms with Crippen LogP contribution in [0.3, 0.4) is 0 Å². The standard InChI is InChI=1S/C17H7Br2NS2/c1-20-9-6-7-11-13(8-9)22-17(19)15(11)14-10-4-2-3-5-12(10)21-16(14)18/h2-8H. The van der Waals surface area contributed by atoms with Gasteiger partial charge in [-0.25, -0.2) is 4.85 Å². The van der Waals surface area contributed by atoms with Crippen LogP contribution in [-0.2, 0) is 0 Å². The van der Waals surface area contributed by atoms with Gasteiger partial charge < -0.3 is 0 Å². The van der Waals surface area contributed by atoms with Crippen molar-refractivity contribution in [1.29, 1.82) is 0 Å².